The third kappa shape index (κ3) is 2.63. The number of nitrogens with zero attached hydrogens (tertiary/aromatic N) is 2. The summed E-state index contributed by atoms with van der Waals surface area (Å²) in [6, 6.07) is 3.15. The van der Waals surface area contributed by atoms with Crippen molar-refractivity contribution in [3.63, 3.8) is 0 Å². The molecule has 2 aromatic rings. The Morgan fingerprint density at radius 3 is 2.61 bits per heavy atom. The molecule has 122 valence electrons. The molecule has 0 aliphatic carbocycles. The lowest BCUT2D eigenvalue weighted by molar-refractivity contribution is 0.0695. The molecule has 1 aromatic heterocycles. The molecule has 3 rings (SSSR count). The highest BCUT2D eigenvalue weighted by Gasteiger charge is 2.19. The Labute approximate surface area is 132 Å². The van der Waals surface area contributed by atoms with Gasteiger partial charge in [0.15, 0.2) is 0 Å². The van der Waals surface area contributed by atoms with E-state index in [1.165, 1.54) is 12.3 Å². The molecule has 1 aliphatic heterocycles. The van der Waals surface area contributed by atoms with Crippen molar-refractivity contribution in [1.29, 1.82) is 0 Å². The Kier molecular flexibility index (Phi) is 3.96. The number of aryl methyl sites for hydroxylation is 1. The van der Waals surface area contributed by atoms with Gasteiger partial charge in [-0.3, -0.25) is 4.79 Å². The summed E-state index contributed by atoms with van der Waals surface area (Å²) < 4.78 is 1.73. The van der Waals surface area contributed by atoms with Crippen molar-refractivity contribution < 1.29 is 15.0 Å². The second kappa shape index (κ2) is 5.92. The number of hydrogen-bond acceptors (Lipinski definition) is 5. The number of fused-ring (bicyclic) bond motifs is 1. The van der Waals surface area contributed by atoms with Crippen LogP contribution in [0, 0.1) is 0 Å². The van der Waals surface area contributed by atoms with Crippen LogP contribution in [0.4, 0.5) is 5.69 Å². The summed E-state index contributed by atoms with van der Waals surface area (Å²) >= 11 is 0. The zero-order chi connectivity index (χ0) is 16.6. The lowest BCUT2D eigenvalue weighted by Crippen LogP contribution is -2.43. The second-order valence-corrected chi connectivity index (χ2v) is 5.56. The average Bonchev–Trinajstić information content (AvgIpc) is 2.55. The fourth-order valence-corrected chi connectivity index (χ4v) is 2.99. The number of anilines is 1. The van der Waals surface area contributed by atoms with E-state index in [0.717, 1.165) is 26.2 Å². The van der Waals surface area contributed by atoms with Crippen LogP contribution in [0.3, 0.4) is 0 Å². The maximum atomic E-state index is 12.3. The fraction of sp³-hybridized carbons (Fsp3) is 0.375. The van der Waals surface area contributed by atoms with E-state index in [2.05, 4.69) is 10.2 Å². The van der Waals surface area contributed by atoms with Crippen molar-refractivity contribution in [1.82, 2.24) is 9.88 Å². The van der Waals surface area contributed by atoms with E-state index in [1.807, 2.05) is 6.92 Å². The van der Waals surface area contributed by atoms with Crippen LogP contribution in [0.15, 0.2) is 23.1 Å². The third-order valence-corrected chi connectivity index (χ3v) is 4.21. The molecular formula is C16H19N3O4. The SMILES string of the molecule is CCn1cc(C(=O)O)c(=O)c2cc(O)c(N3CCNCC3)cc21. The summed E-state index contributed by atoms with van der Waals surface area (Å²) in [5, 5.41) is 23.0. The third-order valence-electron chi connectivity index (χ3n) is 4.21. The minimum atomic E-state index is -1.26. The number of nitrogens with one attached hydrogen (secondary N) is 1. The van der Waals surface area contributed by atoms with Gasteiger partial charge in [-0.2, -0.15) is 0 Å². The predicted octanol–water partition coefficient (Wildman–Crippen LogP) is 0.835. The van der Waals surface area contributed by atoms with E-state index in [0.29, 0.717) is 17.7 Å². The van der Waals surface area contributed by atoms with Crippen LogP contribution in [0.1, 0.15) is 17.3 Å². The summed E-state index contributed by atoms with van der Waals surface area (Å²) in [7, 11) is 0. The molecule has 7 heteroatoms. The maximum Gasteiger partial charge on any atom is 0.341 e. The van der Waals surface area contributed by atoms with Gasteiger partial charge in [-0.1, -0.05) is 0 Å². The minimum Gasteiger partial charge on any atom is -0.506 e. The zero-order valence-electron chi connectivity index (χ0n) is 12.9. The number of carboxylic acid groups (broad SMARTS) is 1. The molecule has 3 N–H and O–H groups in total. The Hall–Kier alpha value is -2.54. The fourth-order valence-electron chi connectivity index (χ4n) is 2.99. The first-order valence-corrected chi connectivity index (χ1v) is 7.62. The van der Waals surface area contributed by atoms with Crippen LogP contribution in [-0.2, 0) is 6.54 Å². The summed E-state index contributed by atoms with van der Waals surface area (Å²) in [5.74, 6) is -1.26. The number of rotatable bonds is 3. The van der Waals surface area contributed by atoms with E-state index in [9.17, 15) is 19.8 Å². The number of pyridine rings is 1. The number of aromatic hydroxyl groups is 1. The van der Waals surface area contributed by atoms with E-state index in [1.54, 1.807) is 10.6 Å². The van der Waals surface area contributed by atoms with Gasteiger partial charge in [0.2, 0.25) is 5.43 Å². The number of carboxylic acids is 1. The Balaban J connectivity index is 2.24. The number of phenolic OH excluding ortho intramolecular Hbond substituents is 1. The van der Waals surface area contributed by atoms with Crippen LogP contribution in [0.5, 0.6) is 5.75 Å². The first-order chi connectivity index (χ1) is 11.0. The monoisotopic (exact) mass is 317 g/mol. The molecular weight excluding hydrogens is 298 g/mol. The van der Waals surface area contributed by atoms with Crippen LogP contribution < -0.4 is 15.6 Å². The number of carbonyl (C=O) groups is 1. The molecule has 0 spiro atoms. The number of hydrogen-bond donors (Lipinski definition) is 3. The number of phenols is 1. The molecule has 1 aromatic carbocycles. The van der Waals surface area contributed by atoms with Gasteiger partial charge >= 0.3 is 5.97 Å². The molecule has 0 unspecified atom stereocenters. The topological polar surface area (TPSA) is 94.8 Å². The number of aromatic nitrogens is 1. The van der Waals surface area contributed by atoms with Gasteiger partial charge in [-0.05, 0) is 19.1 Å². The molecule has 0 atom stereocenters. The van der Waals surface area contributed by atoms with Crippen molar-refractivity contribution in [2.75, 3.05) is 31.1 Å². The van der Waals surface area contributed by atoms with Gasteiger partial charge in [-0.25, -0.2) is 4.79 Å². The van der Waals surface area contributed by atoms with Gasteiger partial charge in [0.25, 0.3) is 0 Å². The molecule has 23 heavy (non-hydrogen) atoms. The first-order valence-electron chi connectivity index (χ1n) is 7.62. The number of benzene rings is 1. The average molecular weight is 317 g/mol. The highest BCUT2D eigenvalue weighted by Crippen LogP contribution is 2.31. The van der Waals surface area contributed by atoms with Crippen LogP contribution in [-0.4, -0.2) is 46.9 Å². The van der Waals surface area contributed by atoms with E-state index >= 15 is 0 Å². The highest BCUT2D eigenvalue weighted by atomic mass is 16.4. The largest absolute Gasteiger partial charge is 0.506 e. The quantitative estimate of drug-likeness (QED) is 0.776. The van der Waals surface area contributed by atoms with Crippen molar-refractivity contribution in [3.05, 3.63) is 34.1 Å². The summed E-state index contributed by atoms with van der Waals surface area (Å²) in [6.45, 7) is 5.60. The second-order valence-electron chi connectivity index (χ2n) is 5.56. The van der Waals surface area contributed by atoms with Crippen molar-refractivity contribution in [3.8, 4) is 5.75 Å². The van der Waals surface area contributed by atoms with Gasteiger partial charge in [0.1, 0.15) is 11.3 Å². The van der Waals surface area contributed by atoms with Gasteiger partial charge < -0.3 is 25.0 Å². The summed E-state index contributed by atoms with van der Waals surface area (Å²) in [5.41, 5.74) is 0.450. The molecule has 0 bridgehead atoms. The van der Waals surface area contributed by atoms with Crippen LogP contribution in [0.25, 0.3) is 10.9 Å². The normalized spacial score (nSPS) is 15.1. The highest BCUT2D eigenvalue weighted by molar-refractivity contribution is 5.94. The van der Waals surface area contributed by atoms with Crippen molar-refractivity contribution in [2.24, 2.45) is 0 Å². The Morgan fingerprint density at radius 1 is 1.30 bits per heavy atom. The number of aromatic carboxylic acids is 1. The molecule has 1 fully saturated rings. The van der Waals surface area contributed by atoms with E-state index < -0.39 is 11.4 Å². The summed E-state index contributed by atoms with van der Waals surface area (Å²) in [4.78, 5) is 25.6. The van der Waals surface area contributed by atoms with E-state index in [-0.39, 0.29) is 16.7 Å². The Morgan fingerprint density at radius 2 is 2.00 bits per heavy atom. The van der Waals surface area contributed by atoms with Crippen LogP contribution >= 0.6 is 0 Å². The van der Waals surface area contributed by atoms with Gasteiger partial charge in [-0.15, -0.1) is 0 Å². The lowest BCUT2D eigenvalue weighted by Gasteiger charge is -2.30. The molecule has 7 nitrogen and oxygen atoms in total. The van der Waals surface area contributed by atoms with Crippen LogP contribution in [0.2, 0.25) is 0 Å². The van der Waals surface area contributed by atoms with Gasteiger partial charge in [0.05, 0.1) is 16.6 Å². The molecule has 0 amide bonds. The first kappa shape index (κ1) is 15.4. The Bertz CT molecular complexity index is 822. The smallest absolute Gasteiger partial charge is 0.341 e. The molecule has 0 radical (unpaired) electrons. The number of piperazine rings is 1. The molecule has 1 saturated heterocycles. The predicted molar refractivity (Wildman–Crippen MR) is 87.6 cm³/mol. The van der Waals surface area contributed by atoms with Crippen molar-refractivity contribution in [2.45, 2.75) is 13.5 Å². The van der Waals surface area contributed by atoms with E-state index in [4.69, 9.17) is 0 Å². The van der Waals surface area contributed by atoms with Crippen molar-refractivity contribution >= 4 is 22.6 Å². The zero-order valence-corrected chi connectivity index (χ0v) is 12.9. The summed E-state index contributed by atoms with van der Waals surface area (Å²) in [6.07, 6.45) is 1.37. The molecule has 1 aliphatic rings. The standard InChI is InChI=1S/C16H19N3O4/c1-2-18-9-11(16(22)23)15(21)10-7-14(20)13(8-12(10)18)19-5-3-17-4-6-19/h7-9,17,20H,2-6H2,1H3,(H,22,23). The minimum absolute atomic E-state index is 0.00157. The molecule has 2 heterocycles. The lowest BCUT2D eigenvalue weighted by atomic mass is 10.1. The molecule has 0 saturated carbocycles. The van der Waals surface area contributed by atoms with Gasteiger partial charge in [0, 0.05) is 38.9 Å². The maximum absolute atomic E-state index is 12.3.